The Morgan fingerprint density at radius 1 is 1.24 bits per heavy atom. The zero-order valence-electron chi connectivity index (χ0n) is 9.61. The number of piperidine rings is 1. The first-order chi connectivity index (χ1) is 8.25. The normalized spacial score (nSPS) is 20.1. The minimum atomic E-state index is -0.158. The van der Waals surface area contributed by atoms with Crippen molar-refractivity contribution in [2.45, 2.75) is 19.4 Å². The molecule has 2 rings (SSSR count). The maximum atomic E-state index is 11.5. The largest absolute Gasteiger partial charge is 0.312 e. The number of hydrogen-bond donors (Lipinski definition) is 2. The molecule has 0 saturated carbocycles. The first-order valence-corrected chi connectivity index (χ1v) is 5.84. The van der Waals surface area contributed by atoms with Crippen LogP contribution in [0.25, 0.3) is 0 Å². The molecule has 1 aliphatic rings. The van der Waals surface area contributed by atoms with Crippen molar-refractivity contribution in [1.82, 2.24) is 10.6 Å². The molecule has 90 valence electrons. The fourth-order valence-electron chi connectivity index (χ4n) is 1.92. The van der Waals surface area contributed by atoms with Crippen LogP contribution in [0.2, 0.25) is 0 Å². The molecular formula is C13H16N2O2. The topological polar surface area (TPSA) is 58.2 Å². The Labute approximate surface area is 100 Å². The lowest BCUT2D eigenvalue weighted by molar-refractivity contribution is -0.136. The molecule has 2 amide bonds. The number of carbonyl (C=O) groups is 2. The molecule has 1 unspecified atom stereocenters. The molecule has 0 bridgehead atoms. The predicted octanol–water partition coefficient (Wildman–Crippen LogP) is 0.829. The molecule has 2 N–H and O–H groups in total. The van der Waals surface area contributed by atoms with E-state index in [1.807, 2.05) is 30.3 Å². The van der Waals surface area contributed by atoms with Gasteiger partial charge in [-0.3, -0.25) is 14.9 Å². The zero-order valence-corrected chi connectivity index (χ0v) is 9.61. The first kappa shape index (κ1) is 11.8. The Bertz CT molecular complexity index is 403. The standard InChI is InChI=1S/C13H16N2O2/c16-12-7-6-11(13(17)15-12)9-14-8-10-4-2-1-3-5-10/h1-5,11,14H,6-9H2,(H,15,16,17). The minimum absolute atomic E-state index is 0.0867. The van der Waals surface area contributed by atoms with Crippen LogP contribution in [0.5, 0.6) is 0 Å². The summed E-state index contributed by atoms with van der Waals surface area (Å²) in [6.07, 6.45) is 1.09. The van der Waals surface area contributed by atoms with E-state index in [0.717, 1.165) is 6.54 Å². The summed E-state index contributed by atoms with van der Waals surface area (Å²) in [6.45, 7) is 1.37. The second kappa shape index (κ2) is 5.59. The smallest absolute Gasteiger partial charge is 0.230 e. The number of amides is 2. The molecule has 4 nitrogen and oxygen atoms in total. The molecule has 0 radical (unpaired) electrons. The van der Waals surface area contributed by atoms with Gasteiger partial charge in [0.25, 0.3) is 0 Å². The zero-order chi connectivity index (χ0) is 12.1. The summed E-state index contributed by atoms with van der Waals surface area (Å²) in [5.41, 5.74) is 1.19. The number of hydrogen-bond acceptors (Lipinski definition) is 3. The second-order valence-electron chi connectivity index (χ2n) is 4.26. The van der Waals surface area contributed by atoms with Crippen molar-refractivity contribution < 1.29 is 9.59 Å². The molecule has 1 atom stereocenters. The molecular weight excluding hydrogens is 216 g/mol. The van der Waals surface area contributed by atoms with E-state index in [-0.39, 0.29) is 17.7 Å². The maximum absolute atomic E-state index is 11.5. The lowest BCUT2D eigenvalue weighted by atomic mass is 9.98. The Morgan fingerprint density at radius 3 is 2.71 bits per heavy atom. The van der Waals surface area contributed by atoms with Crippen LogP contribution in [0.15, 0.2) is 30.3 Å². The van der Waals surface area contributed by atoms with Gasteiger partial charge in [-0.1, -0.05) is 30.3 Å². The van der Waals surface area contributed by atoms with Crippen molar-refractivity contribution in [3.63, 3.8) is 0 Å². The van der Waals surface area contributed by atoms with Crippen LogP contribution in [0.3, 0.4) is 0 Å². The van der Waals surface area contributed by atoms with Gasteiger partial charge in [0.2, 0.25) is 11.8 Å². The van der Waals surface area contributed by atoms with Gasteiger partial charge in [-0.2, -0.15) is 0 Å². The highest BCUT2D eigenvalue weighted by Gasteiger charge is 2.25. The third-order valence-corrected chi connectivity index (χ3v) is 2.92. The van der Waals surface area contributed by atoms with Gasteiger partial charge in [-0.25, -0.2) is 0 Å². The number of rotatable bonds is 4. The summed E-state index contributed by atoms with van der Waals surface area (Å²) < 4.78 is 0. The Hall–Kier alpha value is -1.68. The fourth-order valence-corrected chi connectivity index (χ4v) is 1.92. The van der Waals surface area contributed by atoms with E-state index in [9.17, 15) is 9.59 Å². The Morgan fingerprint density at radius 2 is 2.00 bits per heavy atom. The van der Waals surface area contributed by atoms with Crippen molar-refractivity contribution in [3.8, 4) is 0 Å². The van der Waals surface area contributed by atoms with E-state index in [1.54, 1.807) is 0 Å². The third kappa shape index (κ3) is 3.39. The van der Waals surface area contributed by atoms with Crippen molar-refractivity contribution in [1.29, 1.82) is 0 Å². The maximum Gasteiger partial charge on any atom is 0.230 e. The van der Waals surface area contributed by atoms with Crippen LogP contribution < -0.4 is 10.6 Å². The van der Waals surface area contributed by atoms with E-state index in [0.29, 0.717) is 19.4 Å². The van der Waals surface area contributed by atoms with E-state index >= 15 is 0 Å². The van der Waals surface area contributed by atoms with Crippen molar-refractivity contribution in [2.24, 2.45) is 5.92 Å². The molecule has 4 heteroatoms. The minimum Gasteiger partial charge on any atom is -0.312 e. The van der Waals surface area contributed by atoms with Crippen LogP contribution >= 0.6 is 0 Å². The van der Waals surface area contributed by atoms with Gasteiger partial charge in [0.05, 0.1) is 5.92 Å². The average Bonchev–Trinajstić information content (AvgIpc) is 2.33. The molecule has 17 heavy (non-hydrogen) atoms. The highest BCUT2D eigenvalue weighted by molar-refractivity contribution is 5.98. The van der Waals surface area contributed by atoms with Gasteiger partial charge in [-0.15, -0.1) is 0 Å². The van der Waals surface area contributed by atoms with Crippen molar-refractivity contribution in [3.05, 3.63) is 35.9 Å². The van der Waals surface area contributed by atoms with Gasteiger partial charge < -0.3 is 5.32 Å². The summed E-state index contributed by atoms with van der Waals surface area (Å²) in [5, 5.41) is 5.60. The van der Waals surface area contributed by atoms with E-state index in [4.69, 9.17) is 0 Å². The number of carbonyl (C=O) groups excluding carboxylic acids is 2. The molecule has 1 saturated heterocycles. The molecule has 0 spiro atoms. The van der Waals surface area contributed by atoms with E-state index < -0.39 is 0 Å². The third-order valence-electron chi connectivity index (χ3n) is 2.92. The van der Waals surface area contributed by atoms with Crippen molar-refractivity contribution in [2.75, 3.05) is 6.54 Å². The van der Waals surface area contributed by atoms with Gasteiger partial charge >= 0.3 is 0 Å². The fraction of sp³-hybridized carbons (Fsp3) is 0.385. The first-order valence-electron chi connectivity index (χ1n) is 5.84. The van der Waals surface area contributed by atoms with E-state index in [1.165, 1.54) is 5.56 Å². The lowest BCUT2D eigenvalue weighted by Crippen LogP contribution is -2.44. The summed E-state index contributed by atoms with van der Waals surface area (Å²) in [4.78, 5) is 22.4. The summed E-state index contributed by atoms with van der Waals surface area (Å²) >= 11 is 0. The van der Waals surface area contributed by atoms with Crippen LogP contribution in [0.1, 0.15) is 18.4 Å². The molecule has 1 aromatic rings. The van der Waals surface area contributed by atoms with Crippen LogP contribution in [0.4, 0.5) is 0 Å². The molecule has 1 aromatic carbocycles. The lowest BCUT2D eigenvalue weighted by Gasteiger charge is -2.20. The van der Waals surface area contributed by atoms with Gasteiger partial charge in [-0.05, 0) is 12.0 Å². The molecule has 1 fully saturated rings. The van der Waals surface area contributed by atoms with Crippen LogP contribution in [-0.4, -0.2) is 18.4 Å². The highest BCUT2D eigenvalue weighted by Crippen LogP contribution is 2.11. The number of benzene rings is 1. The van der Waals surface area contributed by atoms with Crippen LogP contribution in [0, 0.1) is 5.92 Å². The summed E-state index contributed by atoms with van der Waals surface area (Å²) in [7, 11) is 0. The SMILES string of the molecule is O=C1CCC(CNCc2ccccc2)C(=O)N1. The Kier molecular flexibility index (Phi) is 3.88. The van der Waals surface area contributed by atoms with Gasteiger partial charge in [0.15, 0.2) is 0 Å². The summed E-state index contributed by atoms with van der Waals surface area (Å²) in [6, 6.07) is 10.0. The Balaban J connectivity index is 1.75. The molecule has 0 aromatic heterocycles. The summed E-state index contributed by atoms with van der Waals surface area (Å²) in [5.74, 6) is -0.396. The average molecular weight is 232 g/mol. The van der Waals surface area contributed by atoms with Gasteiger partial charge in [0.1, 0.15) is 0 Å². The monoisotopic (exact) mass is 232 g/mol. The quantitative estimate of drug-likeness (QED) is 0.756. The second-order valence-corrected chi connectivity index (χ2v) is 4.26. The van der Waals surface area contributed by atoms with Crippen molar-refractivity contribution >= 4 is 11.8 Å². The highest BCUT2D eigenvalue weighted by atomic mass is 16.2. The number of imide groups is 1. The molecule has 1 heterocycles. The predicted molar refractivity (Wildman–Crippen MR) is 64.0 cm³/mol. The van der Waals surface area contributed by atoms with Gasteiger partial charge in [0, 0.05) is 19.5 Å². The number of nitrogens with one attached hydrogen (secondary N) is 2. The molecule has 1 aliphatic heterocycles. The van der Waals surface area contributed by atoms with Crippen LogP contribution in [-0.2, 0) is 16.1 Å². The molecule has 0 aliphatic carbocycles. The van der Waals surface area contributed by atoms with E-state index in [2.05, 4.69) is 10.6 Å².